The second-order valence-electron chi connectivity index (χ2n) is 4.18. The molecule has 76 valence electrons. The van der Waals surface area contributed by atoms with Gasteiger partial charge in [0.05, 0.1) is 6.07 Å². The summed E-state index contributed by atoms with van der Waals surface area (Å²) in [6, 6.07) is 2.16. The Morgan fingerprint density at radius 3 is 2.08 bits per heavy atom. The monoisotopic (exact) mass is 183 g/mol. The second-order valence-corrected chi connectivity index (χ2v) is 4.18. The van der Waals surface area contributed by atoms with Crippen LogP contribution >= 0.6 is 0 Å². The number of hydrogen-bond donors (Lipinski definition) is 1. The number of nitrogens with zero attached hydrogens (tertiary/aromatic N) is 2. The summed E-state index contributed by atoms with van der Waals surface area (Å²) in [5.41, 5.74) is 5.58. The van der Waals surface area contributed by atoms with Crippen molar-refractivity contribution in [2.45, 2.75) is 39.8 Å². The Kier molecular flexibility index (Phi) is 5.68. The molecule has 1 unspecified atom stereocenters. The highest BCUT2D eigenvalue weighted by Crippen LogP contribution is 2.04. The minimum Gasteiger partial charge on any atom is -0.315 e. The zero-order valence-electron chi connectivity index (χ0n) is 9.12. The molecular weight excluding hydrogens is 162 g/mol. The third-order valence-electron chi connectivity index (χ3n) is 1.93. The lowest BCUT2D eigenvalue weighted by Gasteiger charge is -2.28. The van der Waals surface area contributed by atoms with Crippen LogP contribution in [0, 0.1) is 17.2 Å². The third-order valence-corrected chi connectivity index (χ3v) is 1.93. The minimum absolute atomic E-state index is 0.360. The van der Waals surface area contributed by atoms with E-state index in [2.05, 4.69) is 38.7 Å². The highest BCUT2D eigenvalue weighted by atomic mass is 15.2. The Morgan fingerprint density at radius 2 is 1.77 bits per heavy atom. The Balaban J connectivity index is 4.04. The second kappa shape index (κ2) is 5.95. The van der Waals surface area contributed by atoms with Crippen molar-refractivity contribution >= 4 is 0 Å². The van der Waals surface area contributed by atoms with Crippen molar-refractivity contribution in [1.82, 2.24) is 4.90 Å². The van der Waals surface area contributed by atoms with E-state index in [1.807, 2.05) is 0 Å². The molecule has 0 amide bonds. The Labute approximate surface area is 81.5 Å². The SMILES string of the molecule is CC(C)CN(CC(N)C#N)C(C)C. The van der Waals surface area contributed by atoms with Crippen LogP contribution in [0.1, 0.15) is 27.7 Å². The molecule has 3 heteroatoms. The summed E-state index contributed by atoms with van der Waals surface area (Å²) >= 11 is 0. The number of nitriles is 1. The molecule has 2 N–H and O–H groups in total. The van der Waals surface area contributed by atoms with Gasteiger partial charge in [-0.3, -0.25) is 4.90 Å². The van der Waals surface area contributed by atoms with Gasteiger partial charge in [0.2, 0.25) is 0 Å². The number of rotatable bonds is 5. The summed E-state index contributed by atoms with van der Waals surface area (Å²) in [5, 5.41) is 8.60. The van der Waals surface area contributed by atoms with E-state index in [1.165, 1.54) is 0 Å². The van der Waals surface area contributed by atoms with Crippen molar-refractivity contribution < 1.29 is 0 Å². The van der Waals surface area contributed by atoms with Gasteiger partial charge in [0.25, 0.3) is 0 Å². The van der Waals surface area contributed by atoms with Gasteiger partial charge in [0.15, 0.2) is 0 Å². The molecule has 0 aromatic rings. The van der Waals surface area contributed by atoms with Gasteiger partial charge in [-0.1, -0.05) is 13.8 Å². The predicted molar refractivity (Wildman–Crippen MR) is 55.1 cm³/mol. The molecule has 0 rings (SSSR count). The third kappa shape index (κ3) is 5.62. The van der Waals surface area contributed by atoms with E-state index in [1.54, 1.807) is 0 Å². The van der Waals surface area contributed by atoms with E-state index in [9.17, 15) is 0 Å². The standard InChI is InChI=1S/C10H21N3/c1-8(2)6-13(9(3)4)7-10(12)5-11/h8-10H,6-7,12H2,1-4H3. The molecule has 0 aliphatic carbocycles. The van der Waals surface area contributed by atoms with Crippen molar-refractivity contribution in [3.63, 3.8) is 0 Å². The van der Waals surface area contributed by atoms with Crippen LogP contribution < -0.4 is 5.73 Å². The van der Waals surface area contributed by atoms with Crippen molar-refractivity contribution in [1.29, 1.82) is 5.26 Å². The zero-order chi connectivity index (χ0) is 10.4. The largest absolute Gasteiger partial charge is 0.315 e. The van der Waals surface area contributed by atoms with Gasteiger partial charge >= 0.3 is 0 Å². The van der Waals surface area contributed by atoms with Crippen LogP contribution in [0.4, 0.5) is 0 Å². The Hall–Kier alpha value is -0.590. The van der Waals surface area contributed by atoms with Crippen molar-refractivity contribution in [3.05, 3.63) is 0 Å². The van der Waals surface area contributed by atoms with Crippen LogP contribution in [0.2, 0.25) is 0 Å². The molecule has 0 fully saturated rings. The summed E-state index contributed by atoms with van der Waals surface area (Å²) in [4.78, 5) is 2.25. The van der Waals surface area contributed by atoms with Crippen molar-refractivity contribution in [2.24, 2.45) is 11.7 Å². The first-order valence-electron chi connectivity index (χ1n) is 4.86. The molecule has 0 aliphatic heterocycles. The van der Waals surface area contributed by atoms with Crippen LogP contribution in [-0.2, 0) is 0 Å². The van der Waals surface area contributed by atoms with Crippen LogP contribution in [-0.4, -0.2) is 30.1 Å². The van der Waals surface area contributed by atoms with E-state index >= 15 is 0 Å². The molecule has 0 aromatic carbocycles. The fraction of sp³-hybridized carbons (Fsp3) is 0.900. The van der Waals surface area contributed by atoms with Gasteiger partial charge in [0, 0.05) is 19.1 Å². The van der Waals surface area contributed by atoms with Gasteiger partial charge < -0.3 is 5.73 Å². The summed E-state index contributed by atoms with van der Waals surface area (Å²) in [6.07, 6.45) is 0. The fourth-order valence-corrected chi connectivity index (χ4v) is 1.26. The van der Waals surface area contributed by atoms with Gasteiger partial charge in [0.1, 0.15) is 6.04 Å². The molecule has 0 aliphatic rings. The highest BCUT2D eigenvalue weighted by Gasteiger charge is 2.14. The van der Waals surface area contributed by atoms with E-state index in [-0.39, 0.29) is 6.04 Å². The normalized spacial score (nSPS) is 13.8. The lowest BCUT2D eigenvalue weighted by molar-refractivity contribution is 0.194. The van der Waals surface area contributed by atoms with E-state index in [0.29, 0.717) is 18.5 Å². The predicted octanol–water partition coefficient (Wildman–Crippen LogP) is 1.20. The average Bonchev–Trinajstić information content (AvgIpc) is 2.02. The van der Waals surface area contributed by atoms with Gasteiger partial charge in [-0.15, -0.1) is 0 Å². The lowest BCUT2D eigenvalue weighted by atomic mass is 10.1. The maximum absolute atomic E-state index is 8.60. The van der Waals surface area contributed by atoms with Crippen molar-refractivity contribution in [3.8, 4) is 6.07 Å². The molecular formula is C10H21N3. The molecule has 0 bridgehead atoms. The lowest BCUT2D eigenvalue weighted by Crippen LogP contribution is -2.42. The van der Waals surface area contributed by atoms with Gasteiger partial charge in [-0.25, -0.2) is 0 Å². The average molecular weight is 183 g/mol. The molecule has 0 radical (unpaired) electrons. The van der Waals surface area contributed by atoms with Gasteiger partial charge in [-0.05, 0) is 19.8 Å². The smallest absolute Gasteiger partial charge is 0.106 e. The van der Waals surface area contributed by atoms with Crippen LogP contribution in [0.5, 0.6) is 0 Å². The molecule has 0 spiro atoms. The molecule has 0 heterocycles. The summed E-state index contributed by atoms with van der Waals surface area (Å²) in [7, 11) is 0. The van der Waals surface area contributed by atoms with Crippen LogP contribution in [0.15, 0.2) is 0 Å². The van der Waals surface area contributed by atoms with Gasteiger partial charge in [-0.2, -0.15) is 5.26 Å². The molecule has 1 atom stereocenters. The fourth-order valence-electron chi connectivity index (χ4n) is 1.26. The van der Waals surface area contributed by atoms with Crippen LogP contribution in [0.25, 0.3) is 0 Å². The number of nitrogens with two attached hydrogens (primary N) is 1. The minimum atomic E-state index is -0.360. The summed E-state index contributed by atoms with van der Waals surface area (Å²) in [6.45, 7) is 10.3. The van der Waals surface area contributed by atoms with Crippen LogP contribution in [0.3, 0.4) is 0 Å². The van der Waals surface area contributed by atoms with Crippen molar-refractivity contribution in [2.75, 3.05) is 13.1 Å². The maximum atomic E-state index is 8.60. The molecule has 0 aromatic heterocycles. The molecule has 13 heavy (non-hydrogen) atoms. The summed E-state index contributed by atoms with van der Waals surface area (Å²) < 4.78 is 0. The number of hydrogen-bond acceptors (Lipinski definition) is 3. The topological polar surface area (TPSA) is 53.0 Å². The first kappa shape index (κ1) is 12.4. The first-order chi connectivity index (χ1) is 5.97. The quantitative estimate of drug-likeness (QED) is 0.697. The Bertz CT molecular complexity index is 169. The van der Waals surface area contributed by atoms with E-state index in [4.69, 9.17) is 11.0 Å². The Morgan fingerprint density at radius 1 is 1.23 bits per heavy atom. The van der Waals surface area contributed by atoms with E-state index in [0.717, 1.165) is 6.54 Å². The molecule has 0 saturated carbocycles. The first-order valence-corrected chi connectivity index (χ1v) is 4.86. The summed E-state index contributed by atoms with van der Waals surface area (Å²) in [5.74, 6) is 0.619. The maximum Gasteiger partial charge on any atom is 0.106 e. The molecule has 3 nitrogen and oxygen atoms in total. The van der Waals surface area contributed by atoms with E-state index < -0.39 is 0 Å². The highest BCUT2D eigenvalue weighted by molar-refractivity contribution is 4.89. The zero-order valence-corrected chi connectivity index (χ0v) is 9.12. The molecule has 0 saturated heterocycles.